The van der Waals surface area contributed by atoms with Crippen molar-refractivity contribution in [1.82, 2.24) is 19.7 Å². The summed E-state index contributed by atoms with van der Waals surface area (Å²) in [7, 11) is 1.74. The van der Waals surface area contributed by atoms with Crippen LogP contribution in [0.1, 0.15) is 0 Å². The molecule has 0 atom stereocenters. The second kappa shape index (κ2) is 5.28. The Balaban J connectivity index is 1.73. The maximum absolute atomic E-state index is 12.0. The van der Waals surface area contributed by atoms with Crippen molar-refractivity contribution in [2.45, 2.75) is 0 Å². The van der Waals surface area contributed by atoms with Gasteiger partial charge in [0.1, 0.15) is 0 Å². The summed E-state index contributed by atoms with van der Waals surface area (Å²) in [5, 5.41) is 8.00. The van der Waals surface area contributed by atoms with E-state index in [1.807, 2.05) is 17.0 Å². The molecular weight excluding hydrogens is 256 g/mol. The van der Waals surface area contributed by atoms with Crippen molar-refractivity contribution in [3.05, 3.63) is 41.1 Å². The predicted molar refractivity (Wildman–Crippen MR) is 75.9 cm³/mol. The molecule has 2 aromatic heterocycles. The molecule has 104 valence electrons. The van der Waals surface area contributed by atoms with E-state index in [1.54, 1.807) is 30.2 Å². The Bertz CT molecular complexity index is 633. The third kappa shape index (κ3) is 2.34. The second-order valence-electron chi connectivity index (χ2n) is 4.72. The van der Waals surface area contributed by atoms with E-state index in [1.165, 1.54) is 0 Å². The lowest BCUT2D eigenvalue weighted by Crippen LogP contribution is -2.49. The summed E-state index contributed by atoms with van der Waals surface area (Å²) in [5.41, 5.74) is -0.0551. The molecule has 7 heteroatoms. The van der Waals surface area contributed by atoms with Gasteiger partial charge in [-0.15, -0.1) is 5.10 Å². The summed E-state index contributed by atoms with van der Waals surface area (Å²) in [5.74, 6) is 1.40. The van der Waals surface area contributed by atoms with Gasteiger partial charge in [0.25, 0.3) is 5.56 Å². The minimum absolute atomic E-state index is 0.0551. The fraction of sp³-hybridized carbons (Fsp3) is 0.385. The van der Waals surface area contributed by atoms with Crippen LogP contribution >= 0.6 is 0 Å². The van der Waals surface area contributed by atoms with Crippen LogP contribution in [0.4, 0.5) is 11.6 Å². The molecule has 1 fully saturated rings. The van der Waals surface area contributed by atoms with Crippen molar-refractivity contribution in [3.63, 3.8) is 0 Å². The molecule has 0 radical (unpaired) electrons. The number of piperazine rings is 1. The first-order valence-electron chi connectivity index (χ1n) is 6.55. The molecule has 20 heavy (non-hydrogen) atoms. The average molecular weight is 272 g/mol. The first kappa shape index (κ1) is 12.6. The van der Waals surface area contributed by atoms with E-state index in [2.05, 4.69) is 20.1 Å². The minimum Gasteiger partial charge on any atom is -0.352 e. The van der Waals surface area contributed by atoms with E-state index in [0.29, 0.717) is 5.82 Å². The van der Waals surface area contributed by atoms with Gasteiger partial charge in [0, 0.05) is 51.8 Å². The van der Waals surface area contributed by atoms with Gasteiger partial charge in [-0.2, -0.15) is 5.10 Å². The number of nitrogens with zero attached hydrogens (tertiary/aromatic N) is 6. The summed E-state index contributed by atoms with van der Waals surface area (Å²) in [4.78, 5) is 20.4. The van der Waals surface area contributed by atoms with E-state index in [9.17, 15) is 4.79 Å². The van der Waals surface area contributed by atoms with Crippen LogP contribution in [0, 0.1) is 0 Å². The van der Waals surface area contributed by atoms with Gasteiger partial charge in [-0.25, -0.2) is 4.98 Å². The Morgan fingerprint density at radius 3 is 2.55 bits per heavy atom. The van der Waals surface area contributed by atoms with Crippen molar-refractivity contribution in [2.75, 3.05) is 36.0 Å². The highest BCUT2D eigenvalue weighted by atomic mass is 16.1. The van der Waals surface area contributed by atoms with Crippen LogP contribution < -0.4 is 15.4 Å². The number of aromatic nitrogens is 4. The van der Waals surface area contributed by atoms with Gasteiger partial charge < -0.3 is 14.4 Å². The fourth-order valence-corrected chi connectivity index (χ4v) is 2.31. The third-order valence-electron chi connectivity index (χ3n) is 3.46. The first-order chi connectivity index (χ1) is 9.75. The van der Waals surface area contributed by atoms with E-state index < -0.39 is 0 Å². The lowest BCUT2D eigenvalue weighted by molar-refractivity contribution is 0.631. The highest BCUT2D eigenvalue weighted by Crippen LogP contribution is 2.14. The molecule has 0 spiro atoms. The quantitative estimate of drug-likeness (QED) is 0.760. The van der Waals surface area contributed by atoms with Crippen molar-refractivity contribution in [1.29, 1.82) is 0 Å². The first-order valence-corrected chi connectivity index (χ1v) is 6.55. The molecule has 0 saturated carbocycles. The number of hydrogen-bond acceptors (Lipinski definition) is 6. The topological polar surface area (TPSA) is 67.2 Å². The largest absolute Gasteiger partial charge is 0.352 e. The van der Waals surface area contributed by atoms with E-state index in [-0.39, 0.29) is 5.56 Å². The molecule has 3 rings (SSSR count). The van der Waals surface area contributed by atoms with Crippen LogP contribution in [0.2, 0.25) is 0 Å². The van der Waals surface area contributed by atoms with Crippen LogP contribution in [0.15, 0.2) is 35.5 Å². The second-order valence-corrected chi connectivity index (χ2v) is 4.72. The molecule has 1 saturated heterocycles. The summed E-state index contributed by atoms with van der Waals surface area (Å²) in [6.07, 6.45) is 4.99. The third-order valence-corrected chi connectivity index (χ3v) is 3.46. The normalized spacial score (nSPS) is 15.4. The number of rotatable bonds is 2. The SMILES string of the molecule is Cn1ccnc(N2CCN(c3cccnn3)CC2)c1=O. The molecule has 0 amide bonds. The van der Waals surface area contributed by atoms with E-state index in [4.69, 9.17) is 0 Å². The van der Waals surface area contributed by atoms with Crippen molar-refractivity contribution in [3.8, 4) is 0 Å². The Kier molecular flexibility index (Phi) is 3.32. The van der Waals surface area contributed by atoms with E-state index in [0.717, 1.165) is 32.0 Å². The smallest absolute Gasteiger partial charge is 0.293 e. The lowest BCUT2D eigenvalue weighted by atomic mass is 10.3. The molecule has 1 aliphatic heterocycles. The minimum atomic E-state index is -0.0551. The number of anilines is 2. The lowest BCUT2D eigenvalue weighted by Gasteiger charge is -2.35. The summed E-state index contributed by atoms with van der Waals surface area (Å²) in [6.45, 7) is 3.11. The van der Waals surface area contributed by atoms with E-state index >= 15 is 0 Å². The van der Waals surface area contributed by atoms with Crippen molar-refractivity contribution in [2.24, 2.45) is 7.05 Å². The van der Waals surface area contributed by atoms with Crippen LogP contribution in [-0.4, -0.2) is 45.9 Å². The fourth-order valence-electron chi connectivity index (χ4n) is 2.31. The van der Waals surface area contributed by atoms with Gasteiger partial charge in [0.15, 0.2) is 11.6 Å². The molecule has 3 heterocycles. The highest BCUT2D eigenvalue weighted by Gasteiger charge is 2.21. The molecule has 0 aliphatic carbocycles. The molecule has 0 unspecified atom stereocenters. The Morgan fingerprint density at radius 2 is 1.85 bits per heavy atom. The van der Waals surface area contributed by atoms with Gasteiger partial charge >= 0.3 is 0 Å². The maximum Gasteiger partial charge on any atom is 0.293 e. The highest BCUT2D eigenvalue weighted by molar-refractivity contribution is 5.42. The number of hydrogen-bond donors (Lipinski definition) is 0. The molecule has 7 nitrogen and oxygen atoms in total. The Hall–Kier alpha value is -2.44. The van der Waals surface area contributed by atoms with Crippen LogP contribution in [0.25, 0.3) is 0 Å². The van der Waals surface area contributed by atoms with Gasteiger partial charge in [-0.1, -0.05) is 0 Å². The van der Waals surface area contributed by atoms with Crippen molar-refractivity contribution < 1.29 is 0 Å². The molecule has 2 aromatic rings. The van der Waals surface area contributed by atoms with Crippen LogP contribution in [0.5, 0.6) is 0 Å². The summed E-state index contributed by atoms with van der Waals surface area (Å²) in [6, 6.07) is 3.83. The van der Waals surface area contributed by atoms with Gasteiger partial charge in [0.2, 0.25) is 0 Å². The zero-order chi connectivity index (χ0) is 13.9. The molecule has 0 N–H and O–H groups in total. The van der Waals surface area contributed by atoms with Crippen molar-refractivity contribution >= 4 is 11.6 Å². The maximum atomic E-state index is 12.0. The molecular formula is C13H16N6O. The molecule has 1 aliphatic rings. The zero-order valence-corrected chi connectivity index (χ0v) is 11.3. The summed E-state index contributed by atoms with van der Waals surface area (Å²) < 4.78 is 1.55. The molecule has 0 aromatic carbocycles. The standard InChI is InChI=1S/C13H16N6O/c1-17-6-5-14-12(13(17)20)19-9-7-18(8-10-19)11-3-2-4-15-16-11/h2-6H,7-10H2,1H3. The Morgan fingerprint density at radius 1 is 1.10 bits per heavy atom. The van der Waals surface area contributed by atoms with Crippen LogP contribution in [0.3, 0.4) is 0 Å². The zero-order valence-electron chi connectivity index (χ0n) is 11.3. The summed E-state index contributed by atoms with van der Waals surface area (Å²) >= 11 is 0. The van der Waals surface area contributed by atoms with Crippen LogP contribution in [-0.2, 0) is 7.05 Å². The molecule has 0 bridgehead atoms. The monoisotopic (exact) mass is 272 g/mol. The Labute approximate surface area is 116 Å². The van der Waals surface area contributed by atoms with Gasteiger partial charge in [0.05, 0.1) is 0 Å². The predicted octanol–water partition coefficient (Wildman–Crippen LogP) is -0.103. The average Bonchev–Trinajstić information content (AvgIpc) is 2.51. The number of aryl methyl sites for hydroxylation is 1. The van der Waals surface area contributed by atoms with Gasteiger partial charge in [-0.05, 0) is 12.1 Å². The van der Waals surface area contributed by atoms with Gasteiger partial charge in [-0.3, -0.25) is 4.79 Å².